The van der Waals surface area contributed by atoms with Crippen LogP contribution in [0.25, 0.3) is 10.2 Å². The number of rotatable bonds is 6. The number of halogens is 1. The van der Waals surface area contributed by atoms with Crippen LogP contribution in [0.2, 0.25) is 5.02 Å². The van der Waals surface area contributed by atoms with Crippen LogP contribution in [0.15, 0.2) is 60.7 Å². The van der Waals surface area contributed by atoms with Crippen LogP contribution >= 0.6 is 22.9 Å². The van der Waals surface area contributed by atoms with Gasteiger partial charge in [0.1, 0.15) is 11.5 Å². The molecule has 158 valence electrons. The number of benzene rings is 3. The Balaban J connectivity index is 1.85. The summed E-state index contributed by atoms with van der Waals surface area (Å²) in [7, 11) is 3.11. The third kappa shape index (κ3) is 4.22. The summed E-state index contributed by atoms with van der Waals surface area (Å²) >= 11 is 7.82. The van der Waals surface area contributed by atoms with E-state index >= 15 is 0 Å². The second kappa shape index (κ2) is 8.96. The van der Waals surface area contributed by atoms with Gasteiger partial charge >= 0.3 is 0 Å². The first-order valence-electron chi connectivity index (χ1n) is 9.65. The van der Waals surface area contributed by atoms with Crippen molar-refractivity contribution in [2.75, 3.05) is 19.1 Å². The fourth-order valence-corrected chi connectivity index (χ4v) is 4.64. The Morgan fingerprint density at radius 1 is 1.06 bits per heavy atom. The number of carbonyl (C=O) groups is 1. The predicted octanol–water partition coefficient (Wildman–Crippen LogP) is 6.12. The average Bonchev–Trinajstić information content (AvgIpc) is 3.26. The summed E-state index contributed by atoms with van der Waals surface area (Å²) in [5, 5.41) is 1.19. The van der Waals surface area contributed by atoms with E-state index in [0.29, 0.717) is 33.8 Å². The molecule has 7 heteroatoms. The lowest BCUT2D eigenvalue weighted by molar-refractivity contribution is 0.0982. The molecule has 1 aromatic heterocycles. The molecule has 0 spiro atoms. The highest BCUT2D eigenvalue weighted by Crippen LogP contribution is 2.37. The molecule has 4 rings (SSSR count). The number of carbonyl (C=O) groups excluding carboxylic acids is 1. The van der Waals surface area contributed by atoms with Gasteiger partial charge in [-0.05, 0) is 42.3 Å². The largest absolute Gasteiger partial charge is 0.497 e. The Morgan fingerprint density at radius 2 is 1.84 bits per heavy atom. The highest BCUT2D eigenvalue weighted by molar-refractivity contribution is 7.23. The molecule has 0 radical (unpaired) electrons. The van der Waals surface area contributed by atoms with E-state index in [2.05, 4.69) is 0 Å². The van der Waals surface area contributed by atoms with Crippen LogP contribution in [0.4, 0.5) is 5.13 Å². The Morgan fingerprint density at radius 3 is 2.52 bits per heavy atom. The summed E-state index contributed by atoms with van der Waals surface area (Å²) in [4.78, 5) is 20.2. The van der Waals surface area contributed by atoms with Crippen molar-refractivity contribution in [3.8, 4) is 11.5 Å². The van der Waals surface area contributed by atoms with Crippen LogP contribution in [-0.2, 0) is 6.54 Å². The zero-order chi connectivity index (χ0) is 22.0. The number of hydrogen-bond donors (Lipinski definition) is 0. The predicted molar refractivity (Wildman–Crippen MR) is 126 cm³/mol. The minimum atomic E-state index is -0.229. The van der Waals surface area contributed by atoms with Crippen molar-refractivity contribution < 1.29 is 14.3 Å². The second-order valence-corrected chi connectivity index (χ2v) is 8.37. The Labute approximate surface area is 189 Å². The average molecular weight is 453 g/mol. The first-order valence-corrected chi connectivity index (χ1v) is 10.8. The normalized spacial score (nSPS) is 10.8. The number of ether oxygens (including phenoxy) is 2. The van der Waals surface area contributed by atoms with E-state index in [1.807, 2.05) is 49.4 Å². The number of thiazole rings is 1. The summed E-state index contributed by atoms with van der Waals surface area (Å²) in [6, 6.07) is 18.8. The molecule has 0 aliphatic rings. The lowest BCUT2D eigenvalue weighted by atomic mass is 10.1. The topological polar surface area (TPSA) is 51.7 Å². The van der Waals surface area contributed by atoms with Crippen LogP contribution in [0.5, 0.6) is 11.5 Å². The molecule has 0 N–H and O–H groups in total. The van der Waals surface area contributed by atoms with Crippen LogP contribution in [-0.4, -0.2) is 25.1 Å². The molecule has 0 bridgehead atoms. The molecule has 4 aromatic rings. The van der Waals surface area contributed by atoms with Crippen molar-refractivity contribution in [1.29, 1.82) is 0 Å². The van der Waals surface area contributed by atoms with Gasteiger partial charge in [0.15, 0.2) is 5.13 Å². The Hall–Kier alpha value is -3.09. The van der Waals surface area contributed by atoms with Gasteiger partial charge in [-0.3, -0.25) is 9.69 Å². The fraction of sp³-hybridized carbons (Fsp3) is 0.167. The van der Waals surface area contributed by atoms with Gasteiger partial charge in [0.25, 0.3) is 5.91 Å². The van der Waals surface area contributed by atoms with Gasteiger partial charge in [0.05, 0.1) is 41.6 Å². The molecule has 0 saturated carbocycles. The van der Waals surface area contributed by atoms with E-state index in [4.69, 9.17) is 26.1 Å². The van der Waals surface area contributed by atoms with Gasteiger partial charge < -0.3 is 9.47 Å². The molecule has 0 fully saturated rings. The third-order valence-corrected chi connectivity index (χ3v) is 6.52. The molecule has 1 heterocycles. The maximum absolute atomic E-state index is 13.8. The maximum atomic E-state index is 13.8. The molecule has 0 saturated heterocycles. The van der Waals surface area contributed by atoms with Gasteiger partial charge in [-0.15, -0.1) is 0 Å². The van der Waals surface area contributed by atoms with E-state index in [9.17, 15) is 4.79 Å². The number of fused-ring (bicyclic) bond motifs is 1. The van der Waals surface area contributed by atoms with Crippen LogP contribution in [0.3, 0.4) is 0 Å². The highest BCUT2D eigenvalue weighted by atomic mass is 35.5. The number of nitrogens with zero attached hydrogens (tertiary/aromatic N) is 2. The van der Waals surface area contributed by atoms with Crippen molar-refractivity contribution in [3.05, 3.63) is 82.4 Å². The van der Waals surface area contributed by atoms with E-state index in [-0.39, 0.29) is 5.91 Å². The number of methoxy groups -OCH3 is 2. The molecule has 0 atom stereocenters. The lowest BCUT2D eigenvalue weighted by Gasteiger charge is -2.21. The van der Waals surface area contributed by atoms with Crippen molar-refractivity contribution in [1.82, 2.24) is 4.98 Å². The van der Waals surface area contributed by atoms with E-state index < -0.39 is 0 Å². The molecular formula is C24H21ClN2O3S. The Kier molecular flexibility index (Phi) is 6.11. The zero-order valence-corrected chi connectivity index (χ0v) is 19.0. The molecule has 0 unspecified atom stereocenters. The Bertz CT molecular complexity index is 1200. The quantitative estimate of drug-likeness (QED) is 0.353. The van der Waals surface area contributed by atoms with E-state index in [1.54, 1.807) is 37.3 Å². The maximum Gasteiger partial charge on any atom is 0.264 e. The summed E-state index contributed by atoms with van der Waals surface area (Å²) < 4.78 is 11.7. The summed E-state index contributed by atoms with van der Waals surface area (Å²) in [6.45, 7) is 2.34. The van der Waals surface area contributed by atoms with Gasteiger partial charge in [0.2, 0.25) is 0 Å². The highest BCUT2D eigenvalue weighted by Gasteiger charge is 2.25. The van der Waals surface area contributed by atoms with Crippen molar-refractivity contribution in [2.45, 2.75) is 13.5 Å². The number of amides is 1. The third-order valence-electron chi connectivity index (χ3n) is 4.98. The minimum absolute atomic E-state index is 0.229. The molecule has 1 amide bonds. The van der Waals surface area contributed by atoms with Crippen LogP contribution in [0.1, 0.15) is 21.5 Å². The van der Waals surface area contributed by atoms with Crippen LogP contribution < -0.4 is 14.4 Å². The number of hydrogen-bond acceptors (Lipinski definition) is 5. The summed E-state index contributed by atoms with van der Waals surface area (Å²) in [6.07, 6.45) is 0. The molecule has 5 nitrogen and oxygen atoms in total. The van der Waals surface area contributed by atoms with Gasteiger partial charge in [0, 0.05) is 0 Å². The standard InChI is InChI=1S/C24H21ClN2O3S/c1-15-9-11-19(25)22-21(15)26-24(31-22)27(14-16-7-5-4-6-8-16)23(28)18-13-17(29-2)10-12-20(18)30-3/h4-13H,14H2,1-3H3. The zero-order valence-electron chi connectivity index (χ0n) is 17.4. The monoisotopic (exact) mass is 452 g/mol. The van der Waals surface area contributed by atoms with Gasteiger partial charge in [-0.25, -0.2) is 4.98 Å². The van der Waals surface area contributed by atoms with E-state index in [0.717, 1.165) is 21.3 Å². The smallest absolute Gasteiger partial charge is 0.264 e. The fourth-order valence-electron chi connectivity index (χ4n) is 3.33. The molecule has 3 aromatic carbocycles. The number of anilines is 1. The summed E-state index contributed by atoms with van der Waals surface area (Å²) in [5.41, 5.74) is 3.20. The first kappa shape index (κ1) is 21.2. The SMILES string of the molecule is COc1ccc(OC)c(C(=O)N(Cc2ccccc2)c2nc3c(C)ccc(Cl)c3s2)c1. The van der Waals surface area contributed by atoms with Gasteiger partial charge in [-0.2, -0.15) is 0 Å². The first-order chi connectivity index (χ1) is 15.0. The van der Waals surface area contributed by atoms with Crippen molar-refractivity contribution in [2.24, 2.45) is 0 Å². The van der Waals surface area contributed by atoms with Gasteiger partial charge in [-0.1, -0.05) is 59.3 Å². The number of aromatic nitrogens is 1. The summed E-state index contributed by atoms with van der Waals surface area (Å²) in [5.74, 6) is 0.818. The molecule has 0 aliphatic heterocycles. The minimum Gasteiger partial charge on any atom is -0.497 e. The van der Waals surface area contributed by atoms with Crippen molar-refractivity contribution in [3.63, 3.8) is 0 Å². The van der Waals surface area contributed by atoms with E-state index in [1.165, 1.54) is 11.3 Å². The molecular weight excluding hydrogens is 432 g/mol. The lowest BCUT2D eigenvalue weighted by Crippen LogP contribution is -2.30. The number of aryl methyl sites for hydroxylation is 1. The van der Waals surface area contributed by atoms with Crippen LogP contribution in [0, 0.1) is 6.92 Å². The van der Waals surface area contributed by atoms with Crippen molar-refractivity contribution >= 4 is 44.2 Å². The molecule has 0 aliphatic carbocycles. The second-order valence-electron chi connectivity index (χ2n) is 6.98. The molecule has 31 heavy (non-hydrogen) atoms.